The van der Waals surface area contributed by atoms with Crippen molar-refractivity contribution in [3.8, 4) is 0 Å². The van der Waals surface area contributed by atoms with Gasteiger partial charge in [0.25, 0.3) is 0 Å². The first-order chi connectivity index (χ1) is 8.29. The lowest BCUT2D eigenvalue weighted by Crippen LogP contribution is -2.03. The van der Waals surface area contributed by atoms with Gasteiger partial charge in [0.15, 0.2) is 0 Å². The number of rotatable bonds is 8. The van der Waals surface area contributed by atoms with Crippen LogP contribution >= 0.6 is 0 Å². The molecule has 0 nitrogen and oxygen atoms in total. The van der Waals surface area contributed by atoms with Crippen molar-refractivity contribution in [1.82, 2.24) is 0 Å². The van der Waals surface area contributed by atoms with E-state index >= 15 is 0 Å². The molecule has 0 saturated heterocycles. The molecule has 0 spiro atoms. The van der Waals surface area contributed by atoms with E-state index in [1.807, 2.05) is 0 Å². The Morgan fingerprint density at radius 2 is 1.71 bits per heavy atom. The van der Waals surface area contributed by atoms with E-state index in [9.17, 15) is 0 Å². The molecule has 0 amide bonds. The summed E-state index contributed by atoms with van der Waals surface area (Å²) >= 11 is 0. The van der Waals surface area contributed by atoms with Gasteiger partial charge in [-0.1, -0.05) is 76.4 Å². The minimum Gasteiger partial charge on any atom is -0.0950 e. The topological polar surface area (TPSA) is 0 Å². The molecule has 0 aliphatic carbocycles. The summed E-state index contributed by atoms with van der Waals surface area (Å²) in [4.78, 5) is 0. The van der Waals surface area contributed by atoms with Crippen molar-refractivity contribution in [3.63, 3.8) is 0 Å². The Kier molecular flexibility index (Phi) is 6.69. The molecule has 0 fully saturated rings. The molecule has 1 aromatic rings. The second kappa shape index (κ2) is 8.11. The SMILES string of the molecule is C=C(c1ccccc1)C(CCC)CCCCC. The fraction of sp³-hybridized carbons (Fsp3) is 0.529. The average Bonchev–Trinajstić information content (AvgIpc) is 2.38. The number of unbranched alkanes of at least 4 members (excludes halogenated alkanes) is 2. The zero-order valence-electron chi connectivity index (χ0n) is 11.4. The lowest BCUT2D eigenvalue weighted by atomic mass is 9.86. The van der Waals surface area contributed by atoms with Crippen LogP contribution in [0.4, 0.5) is 0 Å². The van der Waals surface area contributed by atoms with Gasteiger partial charge < -0.3 is 0 Å². The smallest absolute Gasteiger partial charge is 0.0162 e. The van der Waals surface area contributed by atoms with Crippen LogP contribution in [0.5, 0.6) is 0 Å². The van der Waals surface area contributed by atoms with Gasteiger partial charge in [-0.2, -0.15) is 0 Å². The Labute approximate surface area is 107 Å². The molecule has 0 bridgehead atoms. The monoisotopic (exact) mass is 230 g/mol. The van der Waals surface area contributed by atoms with Gasteiger partial charge in [-0.25, -0.2) is 0 Å². The van der Waals surface area contributed by atoms with Crippen LogP contribution in [0.2, 0.25) is 0 Å². The zero-order chi connectivity index (χ0) is 12.5. The maximum absolute atomic E-state index is 4.32. The largest absolute Gasteiger partial charge is 0.0950 e. The Bertz CT molecular complexity index is 310. The van der Waals surface area contributed by atoms with E-state index in [0.29, 0.717) is 5.92 Å². The van der Waals surface area contributed by atoms with Crippen molar-refractivity contribution in [3.05, 3.63) is 42.5 Å². The van der Waals surface area contributed by atoms with Crippen LogP contribution in [0.15, 0.2) is 36.9 Å². The molecule has 0 heterocycles. The fourth-order valence-electron chi connectivity index (χ4n) is 2.37. The summed E-state index contributed by atoms with van der Waals surface area (Å²) in [5.74, 6) is 0.675. The molecule has 1 unspecified atom stereocenters. The standard InChI is InChI=1S/C17H26/c1-4-6-8-12-16(11-5-2)15(3)17-13-9-7-10-14-17/h7,9-10,13-14,16H,3-6,8,11-12H2,1-2H3. The normalized spacial score (nSPS) is 12.4. The van der Waals surface area contributed by atoms with Gasteiger partial charge in [0, 0.05) is 0 Å². The van der Waals surface area contributed by atoms with E-state index in [0.717, 1.165) is 0 Å². The summed E-state index contributed by atoms with van der Waals surface area (Å²) in [5.41, 5.74) is 2.66. The third kappa shape index (κ3) is 4.77. The van der Waals surface area contributed by atoms with Crippen molar-refractivity contribution in [2.24, 2.45) is 5.92 Å². The van der Waals surface area contributed by atoms with E-state index in [1.54, 1.807) is 0 Å². The number of benzene rings is 1. The highest BCUT2D eigenvalue weighted by molar-refractivity contribution is 5.65. The first-order valence-corrected chi connectivity index (χ1v) is 7.03. The minimum atomic E-state index is 0.675. The summed E-state index contributed by atoms with van der Waals surface area (Å²) in [6.07, 6.45) is 7.82. The maximum Gasteiger partial charge on any atom is -0.0162 e. The molecule has 1 atom stereocenters. The summed E-state index contributed by atoms with van der Waals surface area (Å²) in [5, 5.41) is 0. The van der Waals surface area contributed by atoms with Crippen LogP contribution in [0.1, 0.15) is 57.9 Å². The first kappa shape index (κ1) is 14.0. The Hall–Kier alpha value is -1.04. The van der Waals surface area contributed by atoms with E-state index in [1.165, 1.54) is 49.7 Å². The van der Waals surface area contributed by atoms with E-state index < -0.39 is 0 Å². The molecule has 0 aliphatic rings. The highest BCUT2D eigenvalue weighted by Crippen LogP contribution is 2.29. The van der Waals surface area contributed by atoms with E-state index in [-0.39, 0.29) is 0 Å². The van der Waals surface area contributed by atoms with Crippen molar-refractivity contribution in [1.29, 1.82) is 0 Å². The second-order valence-corrected chi connectivity index (χ2v) is 4.87. The highest BCUT2D eigenvalue weighted by atomic mass is 14.2. The third-order valence-corrected chi connectivity index (χ3v) is 3.43. The summed E-state index contributed by atoms with van der Waals surface area (Å²) in [6, 6.07) is 10.7. The average molecular weight is 230 g/mol. The molecule has 0 N–H and O–H groups in total. The van der Waals surface area contributed by atoms with Crippen LogP contribution in [0.3, 0.4) is 0 Å². The van der Waals surface area contributed by atoms with E-state index in [4.69, 9.17) is 0 Å². The number of allylic oxidation sites excluding steroid dienone is 1. The molecule has 17 heavy (non-hydrogen) atoms. The van der Waals surface area contributed by atoms with Gasteiger partial charge >= 0.3 is 0 Å². The van der Waals surface area contributed by atoms with Crippen LogP contribution < -0.4 is 0 Å². The lowest BCUT2D eigenvalue weighted by molar-refractivity contribution is 0.514. The minimum absolute atomic E-state index is 0.675. The molecule has 94 valence electrons. The number of hydrogen-bond donors (Lipinski definition) is 0. The molecule has 0 radical (unpaired) electrons. The van der Waals surface area contributed by atoms with Crippen LogP contribution in [-0.4, -0.2) is 0 Å². The third-order valence-electron chi connectivity index (χ3n) is 3.43. The lowest BCUT2D eigenvalue weighted by Gasteiger charge is -2.19. The van der Waals surface area contributed by atoms with Crippen molar-refractivity contribution < 1.29 is 0 Å². The Morgan fingerprint density at radius 3 is 2.29 bits per heavy atom. The van der Waals surface area contributed by atoms with Crippen molar-refractivity contribution >= 4 is 5.57 Å². The predicted molar refractivity (Wildman–Crippen MR) is 78.0 cm³/mol. The first-order valence-electron chi connectivity index (χ1n) is 7.03. The summed E-state index contributed by atoms with van der Waals surface area (Å²) in [6.45, 7) is 8.86. The van der Waals surface area contributed by atoms with Gasteiger partial charge in [-0.15, -0.1) is 0 Å². The van der Waals surface area contributed by atoms with Gasteiger partial charge in [0.2, 0.25) is 0 Å². The van der Waals surface area contributed by atoms with Crippen molar-refractivity contribution in [2.45, 2.75) is 52.4 Å². The van der Waals surface area contributed by atoms with Crippen molar-refractivity contribution in [2.75, 3.05) is 0 Å². The summed E-state index contributed by atoms with van der Waals surface area (Å²) in [7, 11) is 0. The van der Waals surface area contributed by atoms with Crippen LogP contribution in [0, 0.1) is 5.92 Å². The fourth-order valence-corrected chi connectivity index (χ4v) is 2.37. The predicted octanol–water partition coefficient (Wildman–Crippen LogP) is 5.70. The molecular weight excluding hydrogens is 204 g/mol. The Morgan fingerprint density at radius 1 is 1.00 bits per heavy atom. The highest BCUT2D eigenvalue weighted by Gasteiger charge is 2.12. The quantitative estimate of drug-likeness (QED) is 0.503. The Balaban J connectivity index is 2.60. The summed E-state index contributed by atoms with van der Waals surface area (Å²) < 4.78 is 0. The molecule has 0 aliphatic heterocycles. The molecule has 0 aromatic heterocycles. The molecule has 1 rings (SSSR count). The number of hydrogen-bond acceptors (Lipinski definition) is 0. The zero-order valence-corrected chi connectivity index (χ0v) is 11.4. The molecular formula is C17H26. The van der Waals surface area contributed by atoms with Gasteiger partial charge in [-0.05, 0) is 29.9 Å². The van der Waals surface area contributed by atoms with E-state index in [2.05, 4.69) is 50.8 Å². The molecule has 0 saturated carbocycles. The maximum atomic E-state index is 4.32. The second-order valence-electron chi connectivity index (χ2n) is 4.87. The van der Waals surface area contributed by atoms with Gasteiger partial charge in [0.1, 0.15) is 0 Å². The molecule has 1 aromatic carbocycles. The van der Waals surface area contributed by atoms with Crippen LogP contribution in [0.25, 0.3) is 5.57 Å². The van der Waals surface area contributed by atoms with Crippen LogP contribution in [-0.2, 0) is 0 Å². The van der Waals surface area contributed by atoms with Gasteiger partial charge in [0.05, 0.1) is 0 Å². The molecule has 0 heteroatoms. The van der Waals surface area contributed by atoms with Gasteiger partial charge in [-0.3, -0.25) is 0 Å².